The molecule has 0 aromatic carbocycles. The fourth-order valence-electron chi connectivity index (χ4n) is 1.47. The minimum Gasteiger partial charge on any atom is -0.480 e. The number of hydrogen-bond acceptors (Lipinski definition) is 3. The molecule has 4 nitrogen and oxygen atoms in total. The second-order valence-electron chi connectivity index (χ2n) is 2.77. The summed E-state index contributed by atoms with van der Waals surface area (Å²) >= 11 is 0. The van der Waals surface area contributed by atoms with Gasteiger partial charge in [0.1, 0.15) is 11.8 Å². The third-order valence-corrected chi connectivity index (χ3v) is 2.04. The first kappa shape index (κ1) is 7.36. The lowest BCUT2D eigenvalue weighted by Crippen LogP contribution is -2.34. The van der Waals surface area contributed by atoms with E-state index in [9.17, 15) is 4.79 Å². The maximum Gasteiger partial charge on any atom is 0.325 e. The second-order valence-corrected chi connectivity index (χ2v) is 2.77. The van der Waals surface area contributed by atoms with E-state index in [1.165, 1.54) is 6.26 Å². The van der Waals surface area contributed by atoms with Gasteiger partial charge < -0.3 is 14.8 Å². The van der Waals surface area contributed by atoms with Crippen molar-refractivity contribution < 1.29 is 14.3 Å². The van der Waals surface area contributed by atoms with Crippen molar-refractivity contribution in [1.29, 1.82) is 0 Å². The van der Waals surface area contributed by atoms with Gasteiger partial charge in [0.25, 0.3) is 0 Å². The summed E-state index contributed by atoms with van der Waals surface area (Å²) in [6.07, 6.45) is 2.31. The number of rotatable bonds is 1. The van der Waals surface area contributed by atoms with Crippen LogP contribution in [0.5, 0.6) is 0 Å². The van der Waals surface area contributed by atoms with Crippen molar-refractivity contribution in [3.63, 3.8) is 0 Å². The summed E-state index contributed by atoms with van der Waals surface area (Å²) in [6.45, 7) is 0.664. The molecule has 1 aliphatic heterocycles. The summed E-state index contributed by atoms with van der Waals surface area (Å²) in [5.74, 6) is -0.0569. The molecule has 0 aliphatic carbocycles. The highest BCUT2D eigenvalue weighted by molar-refractivity contribution is 5.76. The lowest BCUT2D eigenvalue weighted by Gasteiger charge is -2.18. The Morgan fingerprint density at radius 3 is 3.33 bits per heavy atom. The lowest BCUT2D eigenvalue weighted by molar-refractivity contribution is -0.139. The number of carbonyl (C=O) groups is 1. The van der Waals surface area contributed by atoms with Gasteiger partial charge in [-0.15, -0.1) is 0 Å². The summed E-state index contributed by atoms with van der Waals surface area (Å²) < 4.78 is 5.13. The van der Waals surface area contributed by atoms with Crippen molar-refractivity contribution in [1.82, 2.24) is 5.32 Å². The fourth-order valence-corrected chi connectivity index (χ4v) is 1.47. The van der Waals surface area contributed by atoms with Crippen LogP contribution < -0.4 is 5.32 Å². The number of aliphatic carboxylic acids is 1. The van der Waals surface area contributed by atoms with Gasteiger partial charge in [0.2, 0.25) is 0 Å². The van der Waals surface area contributed by atoms with Crippen molar-refractivity contribution in [3.05, 3.63) is 23.7 Å². The number of carboxylic acid groups (broad SMARTS) is 1. The molecule has 12 heavy (non-hydrogen) atoms. The van der Waals surface area contributed by atoms with Crippen LogP contribution in [-0.2, 0) is 11.2 Å². The Labute approximate surface area is 69.2 Å². The van der Waals surface area contributed by atoms with Gasteiger partial charge in [-0.05, 0) is 6.07 Å². The molecule has 0 amide bonds. The maximum atomic E-state index is 10.7. The van der Waals surface area contributed by atoms with Crippen LogP contribution in [0.3, 0.4) is 0 Å². The average molecular weight is 167 g/mol. The molecule has 0 saturated carbocycles. The molecular formula is C8H9NO3. The van der Waals surface area contributed by atoms with Crippen LogP contribution in [0.15, 0.2) is 16.7 Å². The zero-order chi connectivity index (χ0) is 8.55. The number of furan rings is 1. The van der Waals surface area contributed by atoms with Crippen molar-refractivity contribution >= 4 is 5.97 Å². The van der Waals surface area contributed by atoms with Gasteiger partial charge in [-0.1, -0.05) is 0 Å². The summed E-state index contributed by atoms with van der Waals surface area (Å²) in [6, 6.07) is 1.12. The topological polar surface area (TPSA) is 62.5 Å². The normalized spacial score (nSPS) is 21.8. The Morgan fingerprint density at radius 1 is 1.75 bits per heavy atom. The molecule has 2 heterocycles. The highest BCUT2D eigenvalue weighted by Gasteiger charge is 2.27. The molecule has 1 aromatic heterocycles. The van der Waals surface area contributed by atoms with Gasteiger partial charge in [-0.2, -0.15) is 0 Å². The van der Waals surface area contributed by atoms with E-state index in [-0.39, 0.29) is 0 Å². The van der Waals surface area contributed by atoms with Crippen LogP contribution in [0.4, 0.5) is 0 Å². The largest absolute Gasteiger partial charge is 0.480 e. The maximum absolute atomic E-state index is 10.7. The molecule has 0 saturated heterocycles. The van der Waals surface area contributed by atoms with Gasteiger partial charge in [-0.3, -0.25) is 4.79 Å². The first-order valence-corrected chi connectivity index (χ1v) is 3.81. The molecule has 2 rings (SSSR count). The third kappa shape index (κ3) is 1.00. The van der Waals surface area contributed by atoms with E-state index in [4.69, 9.17) is 9.52 Å². The zero-order valence-corrected chi connectivity index (χ0v) is 6.41. The molecule has 2 N–H and O–H groups in total. The van der Waals surface area contributed by atoms with Crippen molar-refractivity contribution in [2.45, 2.75) is 12.5 Å². The van der Waals surface area contributed by atoms with Crippen LogP contribution in [0.2, 0.25) is 0 Å². The Hall–Kier alpha value is -1.29. The lowest BCUT2D eigenvalue weighted by atomic mass is 10.0. The Bertz CT molecular complexity index is 305. The molecule has 0 fully saturated rings. The minimum absolute atomic E-state index is 0.590. The first-order chi connectivity index (χ1) is 5.79. The standard InChI is InChI=1S/C8H9NO3/c10-8(11)7-5-2-4-12-6(5)1-3-9-7/h2,4,7,9H,1,3H2,(H,10,11)/t7-/m0/s1. The van der Waals surface area contributed by atoms with Crippen LogP contribution in [0.25, 0.3) is 0 Å². The average Bonchev–Trinajstić information content (AvgIpc) is 2.49. The number of nitrogens with one attached hydrogen (secondary N) is 1. The zero-order valence-electron chi connectivity index (χ0n) is 6.41. The van der Waals surface area contributed by atoms with E-state index in [2.05, 4.69) is 5.32 Å². The summed E-state index contributed by atoms with van der Waals surface area (Å²) in [5, 5.41) is 11.7. The van der Waals surface area contributed by atoms with Crippen molar-refractivity contribution in [2.24, 2.45) is 0 Å². The fraction of sp³-hybridized carbons (Fsp3) is 0.375. The Morgan fingerprint density at radius 2 is 2.58 bits per heavy atom. The number of hydrogen-bond donors (Lipinski definition) is 2. The van der Waals surface area contributed by atoms with Crippen LogP contribution in [0.1, 0.15) is 17.4 Å². The smallest absolute Gasteiger partial charge is 0.325 e. The van der Waals surface area contributed by atoms with Gasteiger partial charge in [0.15, 0.2) is 0 Å². The van der Waals surface area contributed by atoms with E-state index in [1.807, 2.05) is 0 Å². The molecule has 1 atom stereocenters. The second kappa shape index (κ2) is 2.64. The van der Waals surface area contributed by atoms with E-state index >= 15 is 0 Å². The number of fused-ring (bicyclic) bond motifs is 1. The summed E-state index contributed by atoms with van der Waals surface area (Å²) in [5.41, 5.74) is 0.758. The van der Waals surface area contributed by atoms with Crippen LogP contribution >= 0.6 is 0 Å². The van der Waals surface area contributed by atoms with Gasteiger partial charge in [-0.25, -0.2) is 0 Å². The minimum atomic E-state index is -0.850. The predicted molar refractivity (Wildman–Crippen MR) is 40.8 cm³/mol. The van der Waals surface area contributed by atoms with E-state index in [1.54, 1.807) is 6.07 Å². The molecule has 4 heteroatoms. The monoisotopic (exact) mass is 167 g/mol. The van der Waals surface area contributed by atoms with E-state index < -0.39 is 12.0 Å². The quantitative estimate of drug-likeness (QED) is 0.641. The first-order valence-electron chi connectivity index (χ1n) is 3.81. The highest BCUT2D eigenvalue weighted by atomic mass is 16.4. The number of carboxylic acids is 1. The van der Waals surface area contributed by atoms with Crippen molar-refractivity contribution in [3.8, 4) is 0 Å². The van der Waals surface area contributed by atoms with Gasteiger partial charge in [0.05, 0.1) is 6.26 Å². The highest BCUT2D eigenvalue weighted by Crippen LogP contribution is 2.23. The van der Waals surface area contributed by atoms with Gasteiger partial charge in [0, 0.05) is 18.5 Å². The van der Waals surface area contributed by atoms with Crippen molar-refractivity contribution in [2.75, 3.05) is 6.54 Å². The van der Waals surface area contributed by atoms with Crippen LogP contribution in [0, 0.1) is 0 Å². The molecule has 0 bridgehead atoms. The molecule has 0 radical (unpaired) electrons. The predicted octanol–water partition coefficient (Wildman–Crippen LogP) is 0.551. The SMILES string of the molecule is O=C(O)[C@H]1NCCc2occc21. The van der Waals surface area contributed by atoms with Crippen LogP contribution in [-0.4, -0.2) is 17.6 Å². The molecule has 0 spiro atoms. The molecule has 0 unspecified atom stereocenters. The molecular weight excluding hydrogens is 158 g/mol. The molecule has 1 aromatic rings. The third-order valence-electron chi connectivity index (χ3n) is 2.04. The summed E-state index contributed by atoms with van der Waals surface area (Å²) in [7, 11) is 0. The molecule has 64 valence electrons. The Kier molecular flexibility index (Phi) is 1.62. The van der Waals surface area contributed by atoms with Gasteiger partial charge >= 0.3 is 5.97 Å². The Balaban J connectivity index is 2.37. The van der Waals surface area contributed by atoms with E-state index in [0.717, 1.165) is 17.7 Å². The van der Waals surface area contributed by atoms with E-state index in [0.29, 0.717) is 6.54 Å². The molecule has 1 aliphatic rings. The summed E-state index contributed by atoms with van der Waals surface area (Å²) in [4.78, 5) is 10.7.